The first kappa shape index (κ1) is 11.4. The van der Waals surface area contributed by atoms with Crippen LogP contribution in [0.5, 0.6) is 0 Å². The van der Waals surface area contributed by atoms with E-state index in [2.05, 4.69) is 5.73 Å². The van der Waals surface area contributed by atoms with Crippen LogP contribution in [0, 0.1) is 0 Å². The number of nitrogens with two attached hydrogens (primary N) is 1. The number of quaternary nitrogens is 1. The van der Waals surface area contributed by atoms with E-state index in [0.29, 0.717) is 0 Å². The molecule has 0 heterocycles. The highest BCUT2D eigenvalue weighted by molar-refractivity contribution is 5.91. The Labute approximate surface area is 77.2 Å². The molecule has 0 spiro atoms. The number of carboxylic acids is 1. The Hall–Kier alpha value is -1.55. The number of hydrogen-bond acceptors (Lipinski definition) is 3. The smallest absolute Gasteiger partial charge is 0.0735 e. The van der Waals surface area contributed by atoms with Crippen LogP contribution < -0.4 is 16.6 Å². The van der Waals surface area contributed by atoms with Gasteiger partial charge < -0.3 is 21.4 Å². The van der Waals surface area contributed by atoms with Crippen molar-refractivity contribution in [2.75, 3.05) is 12.3 Å². The number of carbonyl (C=O) groups is 1. The van der Waals surface area contributed by atoms with Gasteiger partial charge in [-0.25, -0.2) is 0 Å². The minimum absolute atomic E-state index is 0.0440. The van der Waals surface area contributed by atoms with E-state index in [0.717, 1.165) is 6.54 Å². The summed E-state index contributed by atoms with van der Waals surface area (Å²) in [7, 11) is 0. The average Bonchev–Trinajstić information content (AvgIpc) is 2.06. The van der Waals surface area contributed by atoms with Gasteiger partial charge in [0.15, 0.2) is 0 Å². The van der Waals surface area contributed by atoms with E-state index >= 15 is 0 Å². The van der Waals surface area contributed by atoms with Crippen molar-refractivity contribution in [3.05, 3.63) is 29.8 Å². The van der Waals surface area contributed by atoms with Crippen molar-refractivity contribution >= 4 is 11.7 Å². The highest BCUT2D eigenvalue weighted by Gasteiger charge is 1.95. The van der Waals surface area contributed by atoms with Gasteiger partial charge in [0, 0.05) is 11.3 Å². The number of hydrogen-bond donors (Lipinski definition) is 2. The van der Waals surface area contributed by atoms with Crippen LogP contribution in [0.2, 0.25) is 0 Å². The first-order chi connectivity index (χ1) is 6.13. The molecule has 0 aliphatic carbocycles. The Morgan fingerprint density at radius 2 is 2.00 bits per heavy atom. The molecule has 5 N–H and O–H groups in total. The summed E-state index contributed by atoms with van der Waals surface area (Å²) in [6.07, 6.45) is 0. The maximum Gasteiger partial charge on any atom is 0.0735 e. The monoisotopic (exact) mass is 182 g/mol. The van der Waals surface area contributed by atoms with Gasteiger partial charge in [-0.05, 0) is 13.0 Å². The number of nitrogen functional groups attached to an aromatic ring is 1. The summed E-state index contributed by atoms with van der Waals surface area (Å²) in [6.45, 7) is 3.01. The van der Waals surface area contributed by atoms with Crippen LogP contribution in [-0.2, 0) is 0 Å². The second-order valence-electron chi connectivity index (χ2n) is 2.37. The molecule has 0 fully saturated rings. The third-order valence-electron chi connectivity index (χ3n) is 1.18. The van der Waals surface area contributed by atoms with E-state index in [-0.39, 0.29) is 11.3 Å². The highest BCUT2D eigenvalue weighted by Crippen LogP contribution is 2.07. The molecule has 0 atom stereocenters. The summed E-state index contributed by atoms with van der Waals surface area (Å²) in [4.78, 5) is 10.2. The minimum atomic E-state index is -1.24. The Kier molecular flexibility index (Phi) is 5.30. The van der Waals surface area contributed by atoms with Crippen molar-refractivity contribution in [3.8, 4) is 0 Å². The van der Waals surface area contributed by atoms with Crippen LogP contribution in [0.4, 0.5) is 5.69 Å². The molecular weight excluding hydrogens is 168 g/mol. The van der Waals surface area contributed by atoms with Crippen molar-refractivity contribution < 1.29 is 15.6 Å². The van der Waals surface area contributed by atoms with E-state index < -0.39 is 5.97 Å². The van der Waals surface area contributed by atoms with E-state index in [1.165, 1.54) is 12.1 Å². The fourth-order valence-corrected chi connectivity index (χ4v) is 0.683. The van der Waals surface area contributed by atoms with Gasteiger partial charge in [-0.2, -0.15) is 0 Å². The second-order valence-corrected chi connectivity index (χ2v) is 2.37. The normalized spacial score (nSPS) is 8.46. The zero-order valence-corrected chi connectivity index (χ0v) is 7.62. The Bertz CT molecular complexity index is 274. The highest BCUT2D eigenvalue weighted by atomic mass is 16.4. The van der Waals surface area contributed by atoms with Gasteiger partial charge in [0.1, 0.15) is 0 Å². The molecule has 0 saturated carbocycles. The second kappa shape index (κ2) is 6.02. The van der Waals surface area contributed by atoms with E-state index in [1.807, 2.05) is 6.92 Å². The molecule has 0 amide bonds. The molecule has 0 saturated heterocycles. The third kappa shape index (κ3) is 4.12. The Morgan fingerprint density at radius 1 is 1.54 bits per heavy atom. The number of aromatic carboxylic acids is 1. The molecular formula is C9H14N2O2. The Morgan fingerprint density at radius 3 is 2.31 bits per heavy atom. The van der Waals surface area contributed by atoms with Gasteiger partial charge in [0.25, 0.3) is 0 Å². The van der Waals surface area contributed by atoms with Crippen molar-refractivity contribution in [3.63, 3.8) is 0 Å². The molecule has 1 rings (SSSR count). The fourth-order valence-electron chi connectivity index (χ4n) is 0.683. The largest absolute Gasteiger partial charge is 0.545 e. The van der Waals surface area contributed by atoms with Crippen LogP contribution in [0.3, 0.4) is 0 Å². The molecule has 4 nitrogen and oxygen atoms in total. The van der Waals surface area contributed by atoms with Crippen LogP contribution in [0.25, 0.3) is 0 Å². The predicted octanol–water partition coefficient (Wildman–Crippen LogP) is -1.12. The SMILES string of the molecule is CC[NH3+].Nc1ccccc1C(=O)[O-]. The Balaban J connectivity index is 0.000000424. The number of carboxylic acid groups (broad SMARTS) is 1. The average molecular weight is 182 g/mol. The van der Waals surface area contributed by atoms with Gasteiger partial charge in [-0.3, -0.25) is 0 Å². The zero-order chi connectivity index (χ0) is 10.3. The van der Waals surface area contributed by atoms with Crippen molar-refractivity contribution in [1.29, 1.82) is 0 Å². The summed E-state index contributed by atoms with van der Waals surface area (Å²) in [5.41, 5.74) is 9.07. The standard InChI is InChI=1S/C7H7NO2.C2H7N/c8-6-4-2-1-3-5(6)7(9)10;1-2-3/h1-4H,8H2,(H,9,10);2-3H2,1H3. The molecule has 0 bridgehead atoms. The lowest BCUT2D eigenvalue weighted by atomic mass is 10.2. The van der Waals surface area contributed by atoms with E-state index in [4.69, 9.17) is 5.73 Å². The molecule has 0 radical (unpaired) electrons. The summed E-state index contributed by atoms with van der Waals surface area (Å²) < 4.78 is 0. The quantitative estimate of drug-likeness (QED) is 0.539. The number of benzene rings is 1. The fraction of sp³-hybridized carbons (Fsp3) is 0.222. The molecule has 1 aromatic carbocycles. The van der Waals surface area contributed by atoms with E-state index in [9.17, 15) is 9.90 Å². The molecule has 0 aliphatic rings. The van der Waals surface area contributed by atoms with Crippen molar-refractivity contribution in [2.24, 2.45) is 0 Å². The lowest BCUT2D eigenvalue weighted by Crippen LogP contribution is -2.48. The molecule has 13 heavy (non-hydrogen) atoms. The molecule has 0 aliphatic heterocycles. The van der Waals surface area contributed by atoms with Crippen molar-refractivity contribution in [1.82, 2.24) is 0 Å². The van der Waals surface area contributed by atoms with Gasteiger partial charge >= 0.3 is 0 Å². The van der Waals surface area contributed by atoms with Gasteiger partial charge in [0.2, 0.25) is 0 Å². The van der Waals surface area contributed by atoms with Gasteiger partial charge in [-0.15, -0.1) is 0 Å². The summed E-state index contributed by atoms with van der Waals surface area (Å²) >= 11 is 0. The lowest BCUT2D eigenvalue weighted by Gasteiger charge is -2.03. The van der Waals surface area contributed by atoms with Gasteiger partial charge in [0.05, 0.1) is 12.5 Å². The number of rotatable bonds is 1. The van der Waals surface area contributed by atoms with Gasteiger partial charge in [-0.1, -0.05) is 18.2 Å². The molecule has 0 unspecified atom stereocenters. The molecule has 72 valence electrons. The molecule has 0 aromatic heterocycles. The van der Waals surface area contributed by atoms with Crippen LogP contribution in [0.15, 0.2) is 24.3 Å². The topological polar surface area (TPSA) is 93.8 Å². The summed E-state index contributed by atoms with van der Waals surface area (Å²) in [5.74, 6) is -1.24. The molecule has 1 aromatic rings. The number of carbonyl (C=O) groups excluding carboxylic acids is 1. The van der Waals surface area contributed by atoms with Crippen LogP contribution in [0.1, 0.15) is 17.3 Å². The number of para-hydroxylation sites is 1. The molecule has 4 heteroatoms. The summed E-state index contributed by atoms with van der Waals surface area (Å²) in [5, 5.41) is 10.2. The maximum atomic E-state index is 10.2. The number of anilines is 1. The minimum Gasteiger partial charge on any atom is -0.545 e. The van der Waals surface area contributed by atoms with Crippen LogP contribution >= 0.6 is 0 Å². The van der Waals surface area contributed by atoms with Crippen LogP contribution in [-0.4, -0.2) is 12.5 Å². The summed E-state index contributed by atoms with van der Waals surface area (Å²) in [6, 6.07) is 6.19. The van der Waals surface area contributed by atoms with E-state index in [1.54, 1.807) is 12.1 Å². The zero-order valence-electron chi connectivity index (χ0n) is 7.62. The first-order valence-corrected chi connectivity index (χ1v) is 3.98. The third-order valence-corrected chi connectivity index (χ3v) is 1.18. The lowest BCUT2D eigenvalue weighted by molar-refractivity contribution is -0.361. The first-order valence-electron chi connectivity index (χ1n) is 3.98. The van der Waals surface area contributed by atoms with Crippen molar-refractivity contribution in [2.45, 2.75) is 6.92 Å². The predicted molar refractivity (Wildman–Crippen MR) is 48.6 cm³/mol. The maximum absolute atomic E-state index is 10.2.